The number of hydrogen-bond donors (Lipinski definition) is 1. The van der Waals surface area contributed by atoms with E-state index in [2.05, 4.69) is 5.43 Å². The van der Waals surface area contributed by atoms with E-state index in [9.17, 15) is 10.1 Å². The van der Waals surface area contributed by atoms with Crippen LogP contribution in [0.2, 0.25) is 0 Å². The van der Waals surface area contributed by atoms with Crippen LogP contribution in [-0.2, 0) is 0 Å². The molecule has 5 heteroatoms. The molecular weight excluding hydrogens is 218 g/mol. The van der Waals surface area contributed by atoms with E-state index in [4.69, 9.17) is 0 Å². The third kappa shape index (κ3) is 2.72. The molecule has 86 valence electrons. The lowest BCUT2D eigenvalue weighted by Gasteiger charge is -2.15. The van der Waals surface area contributed by atoms with Crippen molar-refractivity contribution in [3.63, 3.8) is 0 Å². The standard InChI is InChI=1S/C12H11N3O2/c16-15(17)14(12-9-5-2-6-10-12)13-11-7-3-1-4-8-11/h1-10,13H. The average molecular weight is 229 g/mol. The number of nitrogens with one attached hydrogen (secondary N) is 1. The van der Waals surface area contributed by atoms with Crippen molar-refractivity contribution in [1.29, 1.82) is 0 Å². The van der Waals surface area contributed by atoms with Crippen molar-refractivity contribution in [3.8, 4) is 0 Å². The molecule has 2 rings (SSSR count). The molecule has 0 unspecified atom stereocenters. The fourth-order valence-electron chi connectivity index (χ4n) is 1.40. The Hall–Kier alpha value is -2.56. The van der Waals surface area contributed by atoms with E-state index in [1.807, 2.05) is 24.3 Å². The van der Waals surface area contributed by atoms with Crippen molar-refractivity contribution in [2.45, 2.75) is 0 Å². The van der Waals surface area contributed by atoms with Gasteiger partial charge in [-0.15, -0.1) is 0 Å². The lowest BCUT2D eigenvalue weighted by atomic mass is 10.3. The number of anilines is 2. The molecule has 2 aromatic rings. The van der Waals surface area contributed by atoms with Crippen LogP contribution in [0.3, 0.4) is 0 Å². The molecule has 0 radical (unpaired) electrons. The summed E-state index contributed by atoms with van der Waals surface area (Å²) in [7, 11) is 0. The van der Waals surface area contributed by atoms with Gasteiger partial charge in [-0.3, -0.25) is 0 Å². The van der Waals surface area contributed by atoms with E-state index in [0.717, 1.165) is 5.12 Å². The zero-order chi connectivity index (χ0) is 12.1. The summed E-state index contributed by atoms with van der Waals surface area (Å²) < 4.78 is 0. The minimum atomic E-state index is -0.498. The Labute approximate surface area is 98.4 Å². The lowest BCUT2D eigenvalue weighted by Crippen LogP contribution is -2.35. The maximum atomic E-state index is 11.0. The van der Waals surface area contributed by atoms with Gasteiger partial charge >= 0.3 is 0 Å². The van der Waals surface area contributed by atoms with Crippen LogP contribution in [0.25, 0.3) is 0 Å². The van der Waals surface area contributed by atoms with E-state index in [1.165, 1.54) is 0 Å². The monoisotopic (exact) mass is 229 g/mol. The first kappa shape index (κ1) is 10.9. The highest BCUT2D eigenvalue weighted by Crippen LogP contribution is 2.15. The van der Waals surface area contributed by atoms with Gasteiger partial charge in [0, 0.05) is 5.12 Å². The summed E-state index contributed by atoms with van der Waals surface area (Å²) in [4.78, 5) is 11.0. The van der Waals surface area contributed by atoms with Crippen LogP contribution in [0, 0.1) is 10.1 Å². The maximum absolute atomic E-state index is 11.0. The van der Waals surface area contributed by atoms with Gasteiger partial charge < -0.3 is 0 Å². The Bertz CT molecular complexity index is 488. The van der Waals surface area contributed by atoms with Gasteiger partial charge in [-0.25, -0.2) is 15.5 Å². The van der Waals surface area contributed by atoms with Crippen molar-refractivity contribution >= 4 is 11.4 Å². The van der Waals surface area contributed by atoms with Gasteiger partial charge in [0.1, 0.15) is 5.69 Å². The lowest BCUT2D eigenvalue weighted by molar-refractivity contribution is -0.490. The smallest absolute Gasteiger partial charge is 0.186 e. The van der Waals surface area contributed by atoms with Gasteiger partial charge in [-0.1, -0.05) is 36.4 Å². The van der Waals surface area contributed by atoms with Crippen LogP contribution in [0.15, 0.2) is 60.7 Å². The van der Waals surface area contributed by atoms with Crippen molar-refractivity contribution < 1.29 is 5.03 Å². The average Bonchev–Trinajstić information content (AvgIpc) is 2.38. The van der Waals surface area contributed by atoms with Crippen molar-refractivity contribution in [1.82, 2.24) is 0 Å². The zero-order valence-corrected chi connectivity index (χ0v) is 8.98. The molecular formula is C12H11N3O2. The molecule has 1 N–H and O–H groups in total. The van der Waals surface area contributed by atoms with E-state index < -0.39 is 5.03 Å². The quantitative estimate of drug-likeness (QED) is 0.646. The molecule has 0 aliphatic carbocycles. The number of benzene rings is 2. The molecule has 0 saturated heterocycles. The first-order valence-electron chi connectivity index (χ1n) is 5.08. The van der Waals surface area contributed by atoms with Gasteiger partial charge in [0.2, 0.25) is 0 Å². The van der Waals surface area contributed by atoms with E-state index in [1.54, 1.807) is 36.4 Å². The third-order valence-corrected chi connectivity index (χ3v) is 2.17. The summed E-state index contributed by atoms with van der Waals surface area (Å²) in [6, 6.07) is 17.6. The summed E-state index contributed by atoms with van der Waals surface area (Å²) >= 11 is 0. The van der Waals surface area contributed by atoms with Crippen LogP contribution in [0.5, 0.6) is 0 Å². The molecule has 0 aliphatic heterocycles. The maximum Gasteiger partial charge on any atom is 0.186 e. The summed E-state index contributed by atoms with van der Waals surface area (Å²) in [6.45, 7) is 0. The Morgan fingerprint density at radius 2 is 1.47 bits per heavy atom. The SMILES string of the molecule is O=[N+]([O-])N(Nc1ccccc1)c1ccccc1. The molecule has 0 aromatic heterocycles. The minimum Gasteiger partial charge on any atom is -0.241 e. The Kier molecular flexibility index (Phi) is 3.20. The van der Waals surface area contributed by atoms with Crippen LogP contribution >= 0.6 is 0 Å². The van der Waals surface area contributed by atoms with E-state index in [0.29, 0.717) is 11.4 Å². The molecule has 2 aromatic carbocycles. The fourth-order valence-corrected chi connectivity index (χ4v) is 1.40. The Morgan fingerprint density at radius 3 is 2.00 bits per heavy atom. The predicted molar refractivity (Wildman–Crippen MR) is 66.0 cm³/mol. The van der Waals surface area contributed by atoms with Gasteiger partial charge in [-0.05, 0) is 24.3 Å². The topological polar surface area (TPSA) is 58.4 Å². The summed E-state index contributed by atoms with van der Waals surface area (Å²) in [5.74, 6) is 0. The van der Waals surface area contributed by atoms with Crippen molar-refractivity contribution in [3.05, 3.63) is 70.8 Å². The number of rotatable bonds is 4. The number of nitro groups is 1. The predicted octanol–water partition coefficient (Wildman–Crippen LogP) is 2.71. The molecule has 0 aliphatic rings. The second kappa shape index (κ2) is 4.98. The first-order valence-corrected chi connectivity index (χ1v) is 5.08. The van der Waals surface area contributed by atoms with Crippen LogP contribution in [0.1, 0.15) is 0 Å². The molecule has 0 amide bonds. The molecule has 0 fully saturated rings. The summed E-state index contributed by atoms with van der Waals surface area (Å²) in [5, 5.41) is 11.4. The Morgan fingerprint density at radius 1 is 0.941 bits per heavy atom. The molecule has 5 nitrogen and oxygen atoms in total. The highest BCUT2D eigenvalue weighted by atomic mass is 16.7. The third-order valence-electron chi connectivity index (χ3n) is 2.17. The van der Waals surface area contributed by atoms with Crippen molar-refractivity contribution in [2.75, 3.05) is 10.5 Å². The van der Waals surface area contributed by atoms with E-state index >= 15 is 0 Å². The van der Waals surface area contributed by atoms with Gasteiger partial charge in [0.05, 0.1) is 5.69 Å². The zero-order valence-electron chi connectivity index (χ0n) is 8.98. The molecule has 0 heterocycles. The van der Waals surface area contributed by atoms with Gasteiger partial charge in [0.15, 0.2) is 5.03 Å². The van der Waals surface area contributed by atoms with Crippen LogP contribution in [-0.4, -0.2) is 5.03 Å². The fraction of sp³-hybridized carbons (Fsp3) is 0. The Balaban J connectivity index is 2.23. The highest BCUT2D eigenvalue weighted by molar-refractivity contribution is 5.52. The molecule has 0 spiro atoms. The van der Waals surface area contributed by atoms with Crippen molar-refractivity contribution in [2.24, 2.45) is 0 Å². The summed E-state index contributed by atoms with van der Waals surface area (Å²) in [5.41, 5.74) is 3.86. The number of nitrogens with zero attached hydrogens (tertiary/aromatic N) is 2. The van der Waals surface area contributed by atoms with Gasteiger partial charge in [0.25, 0.3) is 0 Å². The largest absolute Gasteiger partial charge is 0.241 e. The van der Waals surface area contributed by atoms with Gasteiger partial charge in [-0.2, -0.15) is 0 Å². The number of hydrazine groups is 2. The molecule has 17 heavy (non-hydrogen) atoms. The van der Waals surface area contributed by atoms with Crippen LogP contribution in [0.4, 0.5) is 11.4 Å². The second-order valence-corrected chi connectivity index (χ2v) is 3.36. The molecule has 0 saturated carbocycles. The normalized spacial score (nSPS) is 9.65. The first-order chi connectivity index (χ1) is 8.27. The minimum absolute atomic E-state index is 0.473. The van der Waals surface area contributed by atoms with E-state index in [-0.39, 0.29) is 0 Å². The highest BCUT2D eigenvalue weighted by Gasteiger charge is 2.16. The molecule has 0 bridgehead atoms. The molecule has 0 atom stereocenters. The number of para-hydroxylation sites is 2. The number of hydrogen-bond acceptors (Lipinski definition) is 3. The summed E-state index contributed by atoms with van der Waals surface area (Å²) in [6.07, 6.45) is 0. The second-order valence-electron chi connectivity index (χ2n) is 3.36. The van der Waals surface area contributed by atoms with Crippen LogP contribution < -0.4 is 10.5 Å².